The molecule has 1 fully saturated rings. The van der Waals surface area contributed by atoms with E-state index in [0.717, 1.165) is 18.8 Å². The zero-order chi connectivity index (χ0) is 14.0. The maximum atomic E-state index is 9.88. The summed E-state index contributed by atoms with van der Waals surface area (Å²) in [5.41, 5.74) is 6.30. The first-order valence-electron chi connectivity index (χ1n) is 6.41. The Morgan fingerprint density at radius 3 is 2.89 bits per heavy atom. The van der Waals surface area contributed by atoms with Gasteiger partial charge in [-0.25, -0.2) is 0 Å². The Kier molecular flexibility index (Phi) is 4.11. The monoisotopic (exact) mass is 266 g/mol. The normalized spacial score (nSPS) is 23.1. The number of hydrogen-bond acceptors (Lipinski definition) is 6. The van der Waals surface area contributed by atoms with Crippen molar-refractivity contribution in [1.29, 1.82) is 0 Å². The Hall–Kier alpha value is -1.53. The van der Waals surface area contributed by atoms with Gasteiger partial charge >= 0.3 is 0 Å². The van der Waals surface area contributed by atoms with Crippen LogP contribution in [0.2, 0.25) is 0 Å². The number of nitrogens with two attached hydrogens (primary N) is 1. The molecular weight excluding hydrogens is 244 g/mol. The lowest BCUT2D eigenvalue weighted by Gasteiger charge is -2.28. The average Bonchev–Trinajstić information content (AvgIpc) is 2.70. The zero-order valence-electron chi connectivity index (χ0n) is 11.7. The zero-order valence-corrected chi connectivity index (χ0v) is 11.7. The van der Waals surface area contributed by atoms with Crippen LogP contribution >= 0.6 is 0 Å². The van der Waals surface area contributed by atoms with Gasteiger partial charge in [-0.1, -0.05) is 0 Å². The van der Waals surface area contributed by atoms with Crippen molar-refractivity contribution in [2.45, 2.75) is 18.6 Å². The van der Waals surface area contributed by atoms with Crippen molar-refractivity contribution < 1.29 is 9.84 Å². The van der Waals surface area contributed by atoms with E-state index < -0.39 is 0 Å². The number of ether oxygens (including phenoxy) is 1. The van der Waals surface area contributed by atoms with Crippen LogP contribution in [-0.4, -0.2) is 61.4 Å². The van der Waals surface area contributed by atoms with Crippen molar-refractivity contribution in [2.75, 3.05) is 44.9 Å². The van der Waals surface area contributed by atoms with Gasteiger partial charge in [0.1, 0.15) is 5.82 Å². The highest BCUT2D eigenvalue weighted by Crippen LogP contribution is 2.28. The summed E-state index contributed by atoms with van der Waals surface area (Å²) < 4.78 is 5.15. The van der Waals surface area contributed by atoms with E-state index in [1.165, 1.54) is 0 Å². The van der Waals surface area contributed by atoms with Crippen LogP contribution in [0.4, 0.5) is 11.5 Å². The lowest BCUT2D eigenvalue weighted by molar-refractivity contribution is 0.191. The number of aliphatic hydroxyl groups excluding tert-OH is 1. The van der Waals surface area contributed by atoms with Crippen LogP contribution in [-0.2, 0) is 0 Å². The third kappa shape index (κ3) is 3.08. The second-order valence-corrected chi connectivity index (χ2v) is 5.23. The number of β-amino-alcohol motifs (C(OH)–C–C–N with tert-alkyl or cyclic N) is 1. The molecular formula is C13H22N4O2. The molecule has 0 bridgehead atoms. The summed E-state index contributed by atoms with van der Waals surface area (Å²) in [6.07, 6.45) is 0.447. The molecule has 1 saturated heterocycles. The highest BCUT2D eigenvalue weighted by molar-refractivity contribution is 5.55. The van der Waals surface area contributed by atoms with Crippen LogP contribution in [0.15, 0.2) is 12.1 Å². The standard InChI is InChI=1S/C13H22N4O2/c1-16(2)7-9-6-10(18)8-17(9)12-5-4-11(14)13(15-12)19-3/h4-5,9-10,18H,6-8,14H2,1-3H3. The first-order valence-corrected chi connectivity index (χ1v) is 6.41. The van der Waals surface area contributed by atoms with Gasteiger partial charge in [-0.3, -0.25) is 0 Å². The third-order valence-corrected chi connectivity index (χ3v) is 3.33. The fourth-order valence-electron chi connectivity index (χ4n) is 2.53. The number of aliphatic hydroxyl groups is 1. The third-order valence-electron chi connectivity index (χ3n) is 3.33. The van der Waals surface area contributed by atoms with Gasteiger partial charge in [0.15, 0.2) is 0 Å². The average molecular weight is 266 g/mol. The van der Waals surface area contributed by atoms with Crippen molar-refractivity contribution in [3.63, 3.8) is 0 Å². The fourth-order valence-corrected chi connectivity index (χ4v) is 2.53. The highest BCUT2D eigenvalue weighted by atomic mass is 16.5. The van der Waals surface area contributed by atoms with E-state index in [0.29, 0.717) is 18.1 Å². The number of likely N-dealkylation sites (N-methyl/N-ethyl adjacent to an activating group) is 1. The Morgan fingerprint density at radius 2 is 2.26 bits per heavy atom. The molecule has 0 spiro atoms. The number of rotatable bonds is 4. The van der Waals surface area contributed by atoms with E-state index in [4.69, 9.17) is 10.5 Å². The minimum atomic E-state index is -0.310. The van der Waals surface area contributed by atoms with E-state index >= 15 is 0 Å². The molecule has 0 radical (unpaired) electrons. The largest absolute Gasteiger partial charge is 0.479 e. The summed E-state index contributed by atoms with van der Waals surface area (Å²) in [7, 11) is 5.61. The number of anilines is 2. The highest BCUT2D eigenvalue weighted by Gasteiger charge is 2.32. The number of nitrogens with zero attached hydrogens (tertiary/aromatic N) is 3. The van der Waals surface area contributed by atoms with Gasteiger partial charge < -0.3 is 25.4 Å². The van der Waals surface area contributed by atoms with Crippen molar-refractivity contribution in [1.82, 2.24) is 9.88 Å². The predicted octanol–water partition coefficient (Wildman–Crippen LogP) is 0.174. The van der Waals surface area contributed by atoms with Crippen LogP contribution < -0.4 is 15.4 Å². The fraction of sp³-hybridized carbons (Fsp3) is 0.615. The van der Waals surface area contributed by atoms with Gasteiger partial charge in [0.2, 0.25) is 5.88 Å². The van der Waals surface area contributed by atoms with Crippen LogP contribution in [0.3, 0.4) is 0 Å². The molecule has 2 unspecified atom stereocenters. The van der Waals surface area contributed by atoms with E-state index in [1.807, 2.05) is 20.2 Å². The van der Waals surface area contributed by atoms with E-state index in [-0.39, 0.29) is 12.1 Å². The Balaban J connectivity index is 2.23. The molecule has 106 valence electrons. The molecule has 2 atom stereocenters. The van der Waals surface area contributed by atoms with E-state index in [9.17, 15) is 5.11 Å². The molecule has 6 nitrogen and oxygen atoms in total. The molecule has 3 N–H and O–H groups in total. The number of methoxy groups -OCH3 is 1. The van der Waals surface area contributed by atoms with Crippen LogP contribution in [0.1, 0.15) is 6.42 Å². The number of aromatic nitrogens is 1. The van der Waals surface area contributed by atoms with Gasteiger partial charge in [0.05, 0.1) is 18.9 Å². The molecule has 1 aromatic heterocycles. The quantitative estimate of drug-likeness (QED) is 0.809. The molecule has 2 heterocycles. The van der Waals surface area contributed by atoms with Crippen molar-refractivity contribution in [2.24, 2.45) is 0 Å². The number of pyridine rings is 1. The second kappa shape index (κ2) is 5.63. The molecule has 1 aliphatic heterocycles. The Bertz CT molecular complexity index is 439. The topological polar surface area (TPSA) is 74.9 Å². The lowest BCUT2D eigenvalue weighted by atomic mass is 10.2. The summed E-state index contributed by atoms with van der Waals surface area (Å²) in [6, 6.07) is 3.92. The van der Waals surface area contributed by atoms with Gasteiger partial charge in [-0.15, -0.1) is 0 Å². The molecule has 0 amide bonds. The van der Waals surface area contributed by atoms with E-state index in [2.05, 4.69) is 14.8 Å². The number of hydrogen-bond donors (Lipinski definition) is 2. The molecule has 19 heavy (non-hydrogen) atoms. The maximum Gasteiger partial charge on any atom is 0.238 e. The lowest BCUT2D eigenvalue weighted by Crippen LogP contribution is -2.38. The molecule has 1 aromatic rings. The van der Waals surface area contributed by atoms with E-state index in [1.54, 1.807) is 13.2 Å². The Morgan fingerprint density at radius 1 is 1.53 bits per heavy atom. The summed E-state index contributed by atoms with van der Waals surface area (Å²) >= 11 is 0. The second-order valence-electron chi connectivity index (χ2n) is 5.23. The smallest absolute Gasteiger partial charge is 0.238 e. The Labute approximate surface area is 113 Å². The van der Waals surface area contributed by atoms with Crippen LogP contribution in [0.5, 0.6) is 5.88 Å². The molecule has 0 saturated carbocycles. The minimum Gasteiger partial charge on any atom is -0.479 e. The summed E-state index contributed by atoms with van der Waals surface area (Å²) in [6.45, 7) is 1.48. The molecule has 0 aliphatic carbocycles. The summed E-state index contributed by atoms with van der Waals surface area (Å²) in [5, 5.41) is 9.88. The van der Waals surface area contributed by atoms with Gasteiger partial charge in [0.25, 0.3) is 0 Å². The van der Waals surface area contributed by atoms with Gasteiger partial charge in [-0.05, 0) is 32.6 Å². The van der Waals surface area contributed by atoms with Crippen molar-refractivity contribution in [3.8, 4) is 5.88 Å². The molecule has 1 aliphatic rings. The summed E-state index contributed by atoms with van der Waals surface area (Å²) in [5.74, 6) is 1.23. The summed E-state index contributed by atoms with van der Waals surface area (Å²) in [4.78, 5) is 8.65. The molecule has 6 heteroatoms. The van der Waals surface area contributed by atoms with Crippen molar-refractivity contribution in [3.05, 3.63) is 12.1 Å². The molecule has 2 rings (SSSR count). The van der Waals surface area contributed by atoms with Gasteiger partial charge in [0, 0.05) is 19.1 Å². The van der Waals surface area contributed by atoms with Crippen LogP contribution in [0, 0.1) is 0 Å². The van der Waals surface area contributed by atoms with Crippen molar-refractivity contribution >= 4 is 11.5 Å². The first-order chi connectivity index (χ1) is 9.01. The predicted molar refractivity (Wildman–Crippen MR) is 75.5 cm³/mol. The SMILES string of the molecule is COc1nc(N2CC(O)CC2CN(C)C)ccc1N. The minimum absolute atomic E-state index is 0.255. The molecule has 0 aromatic carbocycles. The van der Waals surface area contributed by atoms with Gasteiger partial charge in [-0.2, -0.15) is 4.98 Å². The first kappa shape index (κ1) is 13.9. The van der Waals surface area contributed by atoms with Crippen LogP contribution in [0.25, 0.3) is 0 Å². The number of nitrogen functional groups attached to an aromatic ring is 1. The maximum absolute atomic E-state index is 9.88.